The van der Waals surface area contributed by atoms with Gasteiger partial charge in [-0.05, 0) is 53.0 Å². The van der Waals surface area contributed by atoms with Crippen molar-refractivity contribution >= 4 is 6.03 Å². The minimum atomic E-state index is -0.860. The summed E-state index contributed by atoms with van der Waals surface area (Å²) in [6.07, 6.45) is 2.56. The Hall–Kier alpha value is -0.810. The van der Waals surface area contributed by atoms with E-state index in [1.54, 1.807) is 18.7 Å². The van der Waals surface area contributed by atoms with Crippen LogP contribution in [0.4, 0.5) is 4.79 Å². The smallest absolute Gasteiger partial charge is 0.317 e. The molecule has 0 spiro atoms. The van der Waals surface area contributed by atoms with E-state index in [1.807, 2.05) is 6.92 Å². The molecule has 2 amide bonds. The Balaban J connectivity index is 2.40. The van der Waals surface area contributed by atoms with Crippen LogP contribution in [0.1, 0.15) is 47.5 Å². The quantitative estimate of drug-likeness (QED) is 0.788. The number of amides is 2. The van der Waals surface area contributed by atoms with Crippen molar-refractivity contribution in [2.75, 3.05) is 32.7 Å². The normalized spacial score (nSPS) is 21.9. The average molecular weight is 299 g/mol. The highest BCUT2D eigenvalue weighted by molar-refractivity contribution is 5.74. The number of carbonyl (C=O) groups is 1. The Labute approximate surface area is 129 Å². The molecule has 0 aromatic rings. The van der Waals surface area contributed by atoms with Crippen LogP contribution in [0.3, 0.4) is 0 Å². The van der Waals surface area contributed by atoms with Gasteiger partial charge < -0.3 is 15.3 Å². The van der Waals surface area contributed by atoms with Crippen LogP contribution in [0.25, 0.3) is 0 Å². The Kier molecular flexibility index (Phi) is 6.94. The number of likely N-dealkylation sites (tertiary alicyclic amines) is 1. The number of piperidine rings is 1. The van der Waals surface area contributed by atoms with Crippen LogP contribution in [-0.2, 0) is 0 Å². The molecular formula is C16H33N3O2. The van der Waals surface area contributed by atoms with Crippen molar-refractivity contribution in [3.63, 3.8) is 0 Å². The first kappa shape index (κ1) is 18.2. The van der Waals surface area contributed by atoms with Crippen LogP contribution in [0.15, 0.2) is 0 Å². The van der Waals surface area contributed by atoms with Crippen molar-refractivity contribution in [2.24, 2.45) is 5.92 Å². The van der Waals surface area contributed by atoms with Gasteiger partial charge in [-0.15, -0.1) is 0 Å². The molecule has 1 heterocycles. The number of nitrogens with one attached hydrogen (secondary N) is 1. The third-order valence-corrected chi connectivity index (χ3v) is 4.11. The highest BCUT2D eigenvalue weighted by Crippen LogP contribution is 2.17. The van der Waals surface area contributed by atoms with Crippen molar-refractivity contribution in [3.8, 4) is 0 Å². The second-order valence-electron chi connectivity index (χ2n) is 7.10. The van der Waals surface area contributed by atoms with Crippen LogP contribution in [0, 0.1) is 5.92 Å². The van der Waals surface area contributed by atoms with Crippen molar-refractivity contribution in [3.05, 3.63) is 0 Å². The highest BCUT2D eigenvalue weighted by Gasteiger charge is 2.24. The first-order valence-corrected chi connectivity index (χ1v) is 8.22. The van der Waals surface area contributed by atoms with E-state index in [1.165, 1.54) is 12.8 Å². The molecule has 0 aliphatic carbocycles. The van der Waals surface area contributed by atoms with Crippen LogP contribution < -0.4 is 5.32 Å². The summed E-state index contributed by atoms with van der Waals surface area (Å²) in [6.45, 7) is 13.7. The lowest BCUT2D eigenvalue weighted by atomic mass is 9.99. The van der Waals surface area contributed by atoms with Crippen molar-refractivity contribution < 1.29 is 9.90 Å². The molecule has 2 N–H and O–H groups in total. The molecule has 0 bridgehead atoms. The largest absolute Gasteiger partial charge is 0.389 e. The standard InChI is InChI=1S/C16H33N3O2/c1-6-18(12-16(4,5)21)15(20)17-10-14(3)19-9-7-8-13(2)11-19/h13-14,21H,6-12H2,1-5H3,(H,17,20). The number of hydrogen-bond donors (Lipinski definition) is 2. The maximum atomic E-state index is 12.2. The van der Waals surface area contributed by atoms with E-state index in [9.17, 15) is 9.90 Å². The molecular weight excluding hydrogens is 266 g/mol. The minimum Gasteiger partial charge on any atom is -0.389 e. The lowest BCUT2D eigenvalue weighted by Gasteiger charge is -2.36. The van der Waals surface area contributed by atoms with E-state index in [0.29, 0.717) is 25.7 Å². The molecule has 5 heteroatoms. The van der Waals surface area contributed by atoms with Gasteiger partial charge in [0.15, 0.2) is 0 Å². The molecule has 21 heavy (non-hydrogen) atoms. The number of carbonyl (C=O) groups excluding carboxylic acids is 1. The molecule has 1 rings (SSSR count). The van der Waals surface area contributed by atoms with Gasteiger partial charge in [-0.3, -0.25) is 4.90 Å². The van der Waals surface area contributed by atoms with E-state index in [4.69, 9.17) is 0 Å². The Bertz CT molecular complexity index is 328. The summed E-state index contributed by atoms with van der Waals surface area (Å²) in [5.74, 6) is 0.749. The van der Waals surface area contributed by atoms with Crippen molar-refractivity contribution in [1.82, 2.24) is 15.1 Å². The minimum absolute atomic E-state index is 0.0865. The van der Waals surface area contributed by atoms with Crippen LogP contribution in [0.5, 0.6) is 0 Å². The molecule has 124 valence electrons. The molecule has 2 atom stereocenters. The first-order valence-electron chi connectivity index (χ1n) is 8.22. The molecule has 2 unspecified atom stereocenters. The number of hydrogen-bond acceptors (Lipinski definition) is 3. The molecule has 0 radical (unpaired) electrons. The zero-order chi connectivity index (χ0) is 16.0. The SMILES string of the molecule is CCN(CC(C)(C)O)C(=O)NCC(C)N1CCCC(C)C1. The highest BCUT2D eigenvalue weighted by atomic mass is 16.3. The summed E-state index contributed by atoms with van der Waals surface area (Å²) in [5, 5.41) is 12.9. The van der Waals surface area contributed by atoms with E-state index in [-0.39, 0.29) is 6.03 Å². The van der Waals surface area contributed by atoms with Gasteiger partial charge in [0.1, 0.15) is 0 Å². The summed E-state index contributed by atoms with van der Waals surface area (Å²) >= 11 is 0. The molecule has 1 aliphatic rings. The second kappa shape index (κ2) is 7.99. The predicted octanol–water partition coefficient (Wildman–Crippen LogP) is 1.91. The van der Waals surface area contributed by atoms with Crippen LogP contribution in [-0.4, -0.2) is 65.3 Å². The first-order chi connectivity index (χ1) is 9.73. The van der Waals surface area contributed by atoms with Gasteiger partial charge in [0.05, 0.1) is 12.1 Å². The second-order valence-corrected chi connectivity index (χ2v) is 7.10. The van der Waals surface area contributed by atoms with Gasteiger partial charge in [-0.25, -0.2) is 4.79 Å². The predicted molar refractivity (Wildman–Crippen MR) is 86.4 cm³/mol. The Morgan fingerprint density at radius 1 is 1.52 bits per heavy atom. The number of likely N-dealkylation sites (N-methyl/N-ethyl adjacent to an activating group) is 1. The summed E-state index contributed by atoms with van der Waals surface area (Å²) in [6, 6.07) is 0.272. The molecule has 1 fully saturated rings. The van der Waals surface area contributed by atoms with Crippen LogP contribution >= 0.6 is 0 Å². The zero-order valence-electron chi connectivity index (χ0n) is 14.4. The number of aliphatic hydroxyl groups is 1. The number of rotatable bonds is 6. The fourth-order valence-electron chi connectivity index (χ4n) is 2.90. The molecule has 0 saturated carbocycles. The van der Waals surface area contributed by atoms with E-state index < -0.39 is 5.60 Å². The van der Waals surface area contributed by atoms with Gasteiger partial charge >= 0.3 is 6.03 Å². The fourth-order valence-corrected chi connectivity index (χ4v) is 2.90. The summed E-state index contributed by atoms with van der Waals surface area (Å²) in [5.41, 5.74) is -0.860. The molecule has 0 aromatic carbocycles. The number of nitrogens with zero attached hydrogens (tertiary/aromatic N) is 2. The lowest BCUT2D eigenvalue weighted by Crippen LogP contribution is -2.51. The fraction of sp³-hybridized carbons (Fsp3) is 0.938. The summed E-state index contributed by atoms with van der Waals surface area (Å²) in [4.78, 5) is 16.3. The zero-order valence-corrected chi connectivity index (χ0v) is 14.4. The third-order valence-electron chi connectivity index (χ3n) is 4.11. The van der Waals surface area contributed by atoms with Gasteiger partial charge in [-0.1, -0.05) is 6.92 Å². The average Bonchev–Trinajstić information content (AvgIpc) is 2.40. The third kappa shape index (κ3) is 6.66. The van der Waals surface area contributed by atoms with E-state index in [2.05, 4.69) is 24.1 Å². The van der Waals surface area contributed by atoms with E-state index in [0.717, 1.165) is 19.0 Å². The monoisotopic (exact) mass is 299 g/mol. The van der Waals surface area contributed by atoms with Crippen molar-refractivity contribution in [1.29, 1.82) is 0 Å². The van der Waals surface area contributed by atoms with Gasteiger partial charge in [0, 0.05) is 25.7 Å². The van der Waals surface area contributed by atoms with E-state index >= 15 is 0 Å². The maximum absolute atomic E-state index is 12.2. The topological polar surface area (TPSA) is 55.8 Å². The molecule has 0 aromatic heterocycles. The molecule has 1 saturated heterocycles. The number of urea groups is 1. The molecule has 5 nitrogen and oxygen atoms in total. The molecule has 1 aliphatic heterocycles. The van der Waals surface area contributed by atoms with Gasteiger partial charge in [-0.2, -0.15) is 0 Å². The van der Waals surface area contributed by atoms with Gasteiger partial charge in [0.25, 0.3) is 0 Å². The van der Waals surface area contributed by atoms with Gasteiger partial charge in [0.2, 0.25) is 0 Å². The lowest BCUT2D eigenvalue weighted by molar-refractivity contribution is 0.0475. The van der Waals surface area contributed by atoms with Crippen LogP contribution in [0.2, 0.25) is 0 Å². The summed E-state index contributed by atoms with van der Waals surface area (Å²) < 4.78 is 0. The Morgan fingerprint density at radius 3 is 2.71 bits per heavy atom. The van der Waals surface area contributed by atoms with Crippen molar-refractivity contribution in [2.45, 2.75) is 59.1 Å². The summed E-state index contributed by atoms with van der Waals surface area (Å²) in [7, 11) is 0. The maximum Gasteiger partial charge on any atom is 0.317 e. The Morgan fingerprint density at radius 2 is 2.19 bits per heavy atom.